The lowest BCUT2D eigenvalue weighted by atomic mass is 10.1. The SMILES string of the molecule is Cc1cccc(Cn2cccc(C(=O)NCc3ccc(CS(C)(=O)=O)cc3)c2=O)c1. The average molecular weight is 425 g/mol. The van der Waals surface area contributed by atoms with Crippen molar-refractivity contribution >= 4 is 15.7 Å². The molecule has 3 aromatic rings. The molecule has 0 atom stereocenters. The number of aromatic nitrogens is 1. The summed E-state index contributed by atoms with van der Waals surface area (Å²) in [7, 11) is -3.09. The lowest BCUT2D eigenvalue weighted by Gasteiger charge is -2.10. The van der Waals surface area contributed by atoms with Crippen LogP contribution in [0.25, 0.3) is 0 Å². The molecule has 156 valence electrons. The normalized spacial score (nSPS) is 11.3. The van der Waals surface area contributed by atoms with Gasteiger partial charge in [0, 0.05) is 19.0 Å². The molecule has 1 amide bonds. The van der Waals surface area contributed by atoms with Gasteiger partial charge in [0.2, 0.25) is 0 Å². The molecule has 30 heavy (non-hydrogen) atoms. The minimum Gasteiger partial charge on any atom is -0.348 e. The maximum Gasteiger partial charge on any atom is 0.263 e. The summed E-state index contributed by atoms with van der Waals surface area (Å²) < 4.78 is 24.2. The Morgan fingerprint density at radius 2 is 1.67 bits per heavy atom. The third kappa shape index (κ3) is 5.90. The van der Waals surface area contributed by atoms with Gasteiger partial charge in [-0.15, -0.1) is 0 Å². The Kier molecular flexibility index (Phi) is 6.52. The fourth-order valence-electron chi connectivity index (χ4n) is 3.18. The van der Waals surface area contributed by atoms with Crippen LogP contribution in [-0.4, -0.2) is 25.1 Å². The van der Waals surface area contributed by atoms with Gasteiger partial charge in [-0.3, -0.25) is 9.59 Å². The summed E-state index contributed by atoms with van der Waals surface area (Å²) >= 11 is 0. The first-order valence-electron chi connectivity index (χ1n) is 9.50. The largest absolute Gasteiger partial charge is 0.348 e. The van der Waals surface area contributed by atoms with Gasteiger partial charge >= 0.3 is 0 Å². The Morgan fingerprint density at radius 3 is 2.33 bits per heavy atom. The standard InChI is InChI=1S/C23H24N2O4S/c1-17-5-3-6-20(13-17)15-25-12-4-7-21(23(25)27)22(26)24-14-18-8-10-19(11-9-18)16-30(2,28)29/h3-13H,14-16H2,1-2H3,(H,24,26). The van der Waals surface area contributed by atoms with Crippen molar-refractivity contribution in [1.29, 1.82) is 0 Å². The zero-order valence-electron chi connectivity index (χ0n) is 17.0. The smallest absolute Gasteiger partial charge is 0.263 e. The van der Waals surface area contributed by atoms with Crippen molar-refractivity contribution in [3.8, 4) is 0 Å². The first-order valence-corrected chi connectivity index (χ1v) is 11.6. The number of nitrogens with one attached hydrogen (secondary N) is 1. The van der Waals surface area contributed by atoms with Gasteiger partial charge in [-0.25, -0.2) is 8.42 Å². The highest BCUT2D eigenvalue weighted by molar-refractivity contribution is 7.89. The summed E-state index contributed by atoms with van der Waals surface area (Å²) in [6.07, 6.45) is 2.86. The molecule has 6 nitrogen and oxygen atoms in total. The second-order valence-corrected chi connectivity index (χ2v) is 9.55. The highest BCUT2D eigenvalue weighted by Crippen LogP contribution is 2.08. The summed E-state index contributed by atoms with van der Waals surface area (Å²) in [6.45, 7) is 2.62. The van der Waals surface area contributed by atoms with E-state index in [0.29, 0.717) is 12.1 Å². The second kappa shape index (κ2) is 9.09. The van der Waals surface area contributed by atoms with Crippen LogP contribution < -0.4 is 10.9 Å². The lowest BCUT2D eigenvalue weighted by Crippen LogP contribution is -2.32. The predicted octanol–water partition coefficient (Wildman–Crippen LogP) is 2.68. The van der Waals surface area contributed by atoms with Crippen LogP contribution in [-0.2, 0) is 28.7 Å². The monoisotopic (exact) mass is 424 g/mol. The summed E-state index contributed by atoms with van der Waals surface area (Å²) in [5, 5.41) is 2.75. The highest BCUT2D eigenvalue weighted by Gasteiger charge is 2.12. The molecule has 0 spiro atoms. The number of carbonyl (C=O) groups excluding carboxylic acids is 1. The molecule has 0 unspecified atom stereocenters. The summed E-state index contributed by atoms with van der Waals surface area (Å²) in [4.78, 5) is 25.3. The van der Waals surface area contributed by atoms with Crippen molar-refractivity contribution in [1.82, 2.24) is 9.88 Å². The molecular weight excluding hydrogens is 400 g/mol. The topological polar surface area (TPSA) is 85.2 Å². The maximum absolute atomic E-state index is 12.7. The second-order valence-electron chi connectivity index (χ2n) is 7.41. The third-order valence-corrected chi connectivity index (χ3v) is 5.46. The van der Waals surface area contributed by atoms with E-state index in [9.17, 15) is 18.0 Å². The molecular formula is C23H24N2O4S. The Labute approximate surface area is 176 Å². The zero-order valence-corrected chi connectivity index (χ0v) is 17.8. The molecule has 1 aromatic heterocycles. The molecule has 2 aromatic carbocycles. The van der Waals surface area contributed by atoms with Crippen LogP contribution in [0.2, 0.25) is 0 Å². The fraction of sp³-hybridized carbons (Fsp3) is 0.217. The van der Waals surface area contributed by atoms with Crippen molar-refractivity contribution in [2.24, 2.45) is 0 Å². The number of pyridine rings is 1. The molecule has 0 bridgehead atoms. The van der Waals surface area contributed by atoms with Crippen LogP contribution in [0.1, 0.15) is 32.6 Å². The summed E-state index contributed by atoms with van der Waals surface area (Å²) in [6, 6.07) is 18.1. The molecule has 1 heterocycles. The number of nitrogens with zero attached hydrogens (tertiary/aromatic N) is 1. The van der Waals surface area contributed by atoms with Crippen molar-refractivity contribution in [3.63, 3.8) is 0 Å². The number of amides is 1. The molecule has 0 radical (unpaired) electrons. The van der Waals surface area contributed by atoms with E-state index in [1.165, 1.54) is 16.9 Å². The van der Waals surface area contributed by atoms with Gasteiger partial charge in [0.1, 0.15) is 5.56 Å². The van der Waals surface area contributed by atoms with Gasteiger partial charge in [0.05, 0.1) is 12.3 Å². The van der Waals surface area contributed by atoms with E-state index in [2.05, 4.69) is 5.32 Å². The number of hydrogen-bond acceptors (Lipinski definition) is 4. The van der Waals surface area contributed by atoms with E-state index in [0.717, 1.165) is 16.7 Å². The van der Waals surface area contributed by atoms with E-state index in [-0.39, 0.29) is 23.4 Å². The van der Waals surface area contributed by atoms with Gasteiger partial charge in [0.15, 0.2) is 9.84 Å². The number of rotatable bonds is 7. The third-order valence-electron chi connectivity index (χ3n) is 4.61. The van der Waals surface area contributed by atoms with E-state index < -0.39 is 15.7 Å². The van der Waals surface area contributed by atoms with Crippen LogP contribution in [0, 0.1) is 6.92 Å². The lowest BCUT2D eigenvalue weighted by molar-refractivity contribution is 0.0949. The fourth-order valence-corrected chi connectivity index (χ4v) is 3.97. The van der Waals surface area contributed by atoms with Crippen molar-refractivity contribution < 1.29 is 13.2 Å². The van der Waals surface area contributed by atoms with E-state index in [4.69, 9.17) is 0 Å². The zero-order chi connectivity index (χ0) is 21.7. The van der Waals surface area contributed by atoms with Crippen molar-refractivity contribution in [3.05, 3.63) is 105 Å². The highest BCUT2D eigenvalue weighted by atomic mass is 32.2. The average Bonchev–Trinajstić information content (AvgIpc) is 2.68. The van der Waals surface area contributed by atoms with Crippen LogP contribution in [0.3, 0.4) is 0 Å². The van der Waals surface area contributed by atoms with Crippen LogP contribution in [0.5, 0.6) is 0 Å². The Morgan fingerprint density at radius 1 is 0.967 bits per heavy atom. The predicted molar refractivity (Wildman–Crippen MR) is 117 cm³/mol. The number of aryl methyl sites for hydroxylation is 1. The molecule has 0 saturated heterocycles. The number of hydrogen-bond donors (Lipinski definition) is 1. The van der Waals surface area contributed by atoms with Gasteiger partial charge in [-0.2, -0.15) is 0 Å². The van der Waals surface area contributed by atoms with Crippen LogP contribution >= 0.6 is 0 Å². The van der Waals surface area contributed by atoms with Gasteiger partial charge in [-0.05, 0) is 35.7 Å². The minimum atomic E-state index is -3.09. The van der Waals surface area contributed by atoms with Gasteiger partial charge in [-0.1, -0.05) is 54.1 Å². The minimum absolute atomic E-state index is 0.0237. The quantitative estimate of drug-likeness (QED) is 0.632. The number of sulfone groups is 1. The first kappa shape index (κ1) is 21.5. The molecule has 7 heteroatoms. The molecule has 0 aliphatic rings. The number of carbonyl (C=O) groups is 1. The molecule has 0 saturated carbocycles. The van der Waals surface area contributed by atoms with Gasteiger partial charge < -0.3 is 9.88 Å². The van der Waals surface area contributed by atoms with Crippen LogP contribution in [0.4, 0.5) is 0 Å². The molecule has 3 rings (SSSR count). The molecule has 0 aliphatic carbocycles. The van der Waals surface area contributed by atoms with Gasteiger partial charge in [0.25, 0.3) is 11.5 Å². The summed E-state index contributed by atoms with van der Waals surface area (Å²) in [5.74, 6) is -0.469. The van der Waals surface area contributed by atoms with Crippen LogP contribution in [0.15, 0.2) is 71.7 Å². The Balaban J connectivity index is 1.68. The molecule has 1 N–H and O–H groups in total. The van der Waals surface area contributed by atoms with E-state index >= 15 is 0 Å². The van der Waals surface area contributed by atoms with Crippen molar-refractivity contribution in [2.75, 3.05) is 6.26 Å². The maximum atomic E-state index is 12.7. The molecule has 0 fully saturated rings. The van der Waals surface area contributed by atoms with E-state index in [1.54, 1.807) is 36.5 Å². The van der Waals surface area contributed by atoms with E-state index in [1.807, 2.05) is 31.2 Å². The Hall–Kier alpha value is -3.19. The number of benzene rings is 2. The Bertz CT molecular complexity index is 1210. The molecule has 0 aliphatic heterocycles. The first-order chi connectivity index (χ1) is 14.2. The summed E-state index contributed by atoms with van der Waals surface area (Å²) in [5.41, 5.74) is 3.34. The van der Waals surface area contributed by atoms with Crippen molar-refractivity contribution in [2.45, 2.75) is 25.8 Å².